The van der Waals surface area contributed by atoms with Crippen molar-refractivity contribution >= 4 is 11.9 Å². The van der Waals surface area contributed by atoms with E-state index in [9.17, 15) is 9.59 Å². The molecule has 0 aromatic rings. The second-order valence-electron chi connectivity index (χ2n) is 8.51. The maximum absolute atomic E-state index is 12.1. The van der Waals surface area contributed by atoms with Gasteiger partial charge in [0, 0.05) is 18.9 Å². The van der Waals surface area contributed by atoms with Crippen molar-refractivity contribution in [2.75, 3.05) is 19.6 Å². The summed E-state index contributed by atoms with van der Waals surface area (Å²) in [7, 11) is 0. The highest BCUT2D eigenvalue weighted by molar-refractivity contribution is 5.77. The van der Waals surface area contributed by atoms with Gasteiger partial charge in [0.05, 0.1) is 18.8 Å². The number of hydrogen-bond acceptors (Lipinski definition) is 4. The molecule has 0 saturated carbocycles. The van der Waals surface area contributed by atoms with E-state index < -0.39 is 5.97 Å². The summed E-state index contributed by atoms with van der Waals surface area (Å²) in [4.78, 5) is 22.7. The minimum atomic E-state index is -0.701. The summed E-state index contributed by atoms with van der Waals surface area (Å²) in [5.74, 6) is 0.366. The first-order chi connectivity index (χ1) is 13.6. The van der Waals surface area contributed by atoms with Gasteiger partial charge in [0.25, 0.3) is 0 Å². The quantitative estimate of drug-likeness (QED) is 0.348. The summed E-state index contributed by atoms with van der Waals surface area (Å²) >= 11 is 0. The molecule has 2 rings (SSSR count). The molecule has 1 amide bonds. The highest BCUT2D eigenvalue weighted by Crippen LogP contribution is 2.45. The molecule has 4 atom stereocenters. The first-order valence-corrected chi connectivity index (χ1v) is 11.5. The van der Waals surface area contributed by atoms with Crippen LogP contribution in [0.1, 0.15) is 84.0 Å². The van der Waals surface area contributed by atoms with Crippen molar-refractivity contribution in [1.82, 2.24) is 10.6 Å². The summed E-state index contributed by atoms with van der Waals surface area (Å²) in [6.07, 6.45) is 13.2. The third-order valence-electron chi connectivity index (χ3n) is 6.30. The molecule has 3 N–H and O–H groups in total. The number of hydrogen-bond donors (Lipinski definition) is 3. The SMILES string of the molecule is CCCCCCNCC(=O)NCC1C2CCC(O2)C1CCCCCCC(=O)O. The first kappa shape index (κ1) is 23.1. The van der Waals surface area contributed by atoms with Crippen LogP contribution in [0.15, 0.2) is 0 Å². The molecule has 2 bridgehead atoms. The number of unbranched alkanes of at least 4 members (excludes halogenated alkanes) is 6. The molecule has 6 nitrogen and oxygen atoms in total. The largest absolute Gasteiger partial charge is 0.481 e. The predicted octanol–water partition coefficient (Wildman–Crippen LogP) is 3.49. The molecule has 0 aliphatic carbocycles. The number of carbonyl (C=O) groups is 2. The normalized spacial score (nSPS) is 25.9. The van der Waals surface area contributed by atoms with Gasteiger partial charge in [-0.3, -0.25) is 9.59 Å². The molecule has 162 valence electrons. The van der Waals surface area contributed by atoms with Gasteiger partial charge in [0.2, 0.25) is 5.91 Å². The zero-order valence-electron chi connectivity index (χ0n) is 17.6. The molecular weight excluding hydrogens is 356 g/mol. The lowest BCUT2D eigenvalue weighted by Gasteiger charge is -2.28. The highest BCUT2D eigenvalue weighted by Gasteiger charge is 2.48. The van der Waals surface area contributed by atoms with E-state index in [2.05, 4.69) is 17.6 Å². The van der Waals surface area contributed by atoms with Crippen molar-refractivity contribution in [2.24, 2.45) is 11.8 Å². The van der Waals surface area contributed by atoms with Crippen LogP contribution in [0.3, 0.4) is 0 Å². The molecular formula is C22H40N2O4. The fourth-order valence-electron chi connectivity index (χ4n) is 4.74. The molecule has 2 heterocycles. The van der Waals surface area contributed by atoms with Gasteiger partial charge in [-0.15, -0.1) is 0 Å². The van der Waals surface area contributed by atoms with Gasteiger partial charge in [-0.2, -0.15) is 0 Å². The molecule has 4 unspecified atom stereocenters. The summed E-state index contributed by atoms with van der Waals surface area (Å²) < 4.78 is 6.13. The average molecular weight is 397 g/mol. The number of carboxylic acid groups (broad SMARTS) is 1. The number of ether oxygens (including phenoxy) is 1. The fraction of sp³-hybridized carbons (Fsp3) is 0.909. The zero-order valence-corrected chi connectivity index (χ0v) is 17.6. The van der Waals surface area contributed by atoms with E-state index in [0.29, 0.717) is 30.6 Å². The molecule has 2 saturated heterocycles. The number of carboxylic acids is 1. The smallest absolute Gasteiger partial charge is 0.303 e. The third kappa shape index (κ3) is 8.08. The molecule has 0 aromatic heterocycles. The average Bonchev–Trinajstić information content (AvgIpc) is 3.27. The number of fused-ring (bicyclic) bond motifs is 2. The molecule has 2 aliphatic heterocycles. The van der Waals surface area contributed by atoms with Crippen LogP contribution in [0.25, 0.3) is 0 Å². The Bertz CT molecular complexity index is 471. The Morgan fingerprint density at radius 2 is 1.68 bits per heavy atom. The molecule has 28 heavy (non-hydrogen) atoms. The van der Waals surface area contributed by atoms with E-state index >= 15 is 0 Å². The summed E-state index contributed by atoms with van der Waals surface area (Å²) in [6, 6.07) is 0. The second-order valence-corrected chi connectivity index (χ2v) is 8.51. The Kier molecular flexibility index (Phi) is 10.9. The molecule has 0 aromatic carbocycles. The van der Waals surface area contributed by atoms with Crippen LogP contribution in [0.2, 0.25) is 0 Å². The number of aliphatic carboxylic acids is 1. The van der Waals surface area contributed by atoms with E-state index in [4.69, 9.17) is 9.84 Å². The van der Waals surface area contributed by atoms with Gasteiger partial charge in [-0.05, 0) is 44.6 Å². The molecule has 2 fully saturated rings. The number of nitrogens with one attached hydrogen (secondary N) is 2. The van der Waals surface area contributed by atoms with Gasteiger partial charge in [-0.1, -0.05) is 45.4 Å². The Balaban J connectivity index is 1.59. The zero-order chi connectivity index (χ0) is 20.2. The van der Waals surface area contributed by atoms with Crippen LogP contribution in [0.5, 0.6) is 0 Å². The van der Waals surface area contributed by atoms with Crippen molar-refractivity contribution in [3.8, 4) is 0 Å². The lowest BCUT2D eigenvalue weighted by atomic mass is 9.76. The number of rotatable bonds is 16. The van der Waals surface area contributed by atoms with Crippen LogP contribution in [0, 0.1) is 11.8 Å². The van der Waals surface area contributed by atoms with Crippen LogP contribution >= 0.6 is 0 Å². The third-order valence-corrected chi connectivity index (χ3v) is 6.30. The predicted molar refractivity (Wildman–Crippen MR) is 110 cm³/mol. The molecule has 0 radical (unpaired) electrons. The Morgan fingerprint density at radius 3 is 2.43 bits per heavy atom. The Morgan fingerprint density at radius 1 is 0.964 bits per heavy atom. The van der Waals surface area contributed by atoms with Gasteiger partial charge < -0.3 is 20.5 Å². The molecule has 2 aliphatic rings. The van der Waals surface area contributed by atoms with Gasteiger partial charge in [-0.25, -0.2) is 0 Å². The Hall–Kier alpha value is -1.14. The van der Waals surface area contributed by atoms with E-state index in [1.54, 1.807) is 0 Å². The van der Waals surface area contributed by atoms with E-state index in [1.807, 2.05) is 0 Å². The summed E-state index contributed by atoms with van der Waals surface area (Å²) in [5, 5.41) is 15.1. The van der Waals surface area contributed by atoms with E-state index in [-0.39, 0.29) is 12.3 Å². The van der Waals surface area contributed by atoms with Crippen LogP contribution in [-0.4, -0.2) is 48.8 Å². The topological polar surface area (TPSA) is 87.7 Å². The monoisotopic (exact) mass is 396 g/mol. The van der Waals surface area contributed by atoms with E-state index in [0.717, 1.165) is 64.5 Å². The van der Waals surface area contributed by atoms with Crippen molar-refractivity contribution in [2.45, 2.75) is 96.2 Å². The number of amides is 1. The first-order valence-electron chi connectivity index (χ1n) is 11.5. The minimum Gasteiger partial charge on any atom is -0.481 e. The molecule has 0 spiro atoms. The van der Waals surface area contributed by atoms with E-state index in [1.165, 1.54) is 19.3 Å². The van der Waals surface area contributed by atoms with Crippen molar-refractivity contribution in [3.63, 3.8) is 0 Å². The number of carbonyl (C=O) groups excluding carboxylic acids is 1. The maximum atomic E-state index is 12.1. The summed E-state index contributed by atoms with van der Waals surface area (Å²) in [6.45, 7) is 4.24. The second kappa shape index (κ2) is 13.2. The maximum Gasteiger partial charge on any atom is 0.303 e. The standard InChI is InChI=1S/C22H40N2O4/c1-2-3-4-9-14-23-16-21(25)24-15-18-17(19-12-13-20(18)28-19)10-7-5-6-8-11-22(26)27/h17-20,23H,2-16H2,1H3,(H,24,25)(H,26,27). The van der Waals surface area contributed by atoms with Crippen molar-refractivity contribution in [1.29, 1.82) is 0 Å². The van der Waals surface area contributed by atoms with Crippen LogP contribution in [-0.2, 0) is 14.3 Å². The Labute approximate surface area is 170 Å². The minimum absolute atomic E-state index is 0.0886. The highest BCUT2D eigenvalue weighted by atomic mass is 16.5. The van der Waals surface area contributed by atoms with Crippen molar-refractivity contribution < 1.29 is 19.4 Å². The fourth-order valence-corrected chi connectivity index (χ4v) is 4.74. The van der Waals surface area contributed by atoms with Crippen molar-refractivity contribution in [3.05, 3.63) is 0 Å². The van der Waals surface area contributed by atoms with Gasteiger partial charge >= 0.3 is 5.97 Å². The summed E-state index contributed by atoms with van der Waals surface area (Å²) in [5.41, 5.74) is 0. The lowest BCUT2D eigenvalue weighted by Crippen LogP contribution is -2.41. The van der Waals surface area contributed by atoms with Crippen LogP contribution < -0.4 is 10.6 Å². The van der Waals surface area contributed by atoms with Gasteiger partial charge in [0.1, 0.15) is 0 Å². The van der Waals surface area contributed by atoms with Crippen LogP contribution in [0.4, 0.5) is 0 Å². The molecule has 6 heteroatoms. The lowest BCUT2D eigenvalue weighted by molar-refractivity contribution is -0.137. The van der Waals surface area contributed by atoms with Gasteiger partial charge in [0.15, 0.2) is 0 Å².